The lowest BCUT2D eigenvalue weighted by Gasteiger charge is -2.18. The van der Waals surface area contributed by atoms with Crippen molar-refractivity contribution in [1.29, 1.82) is 0 Å². The molecule has 0 amide bonds. The van der Waals surface area contributed by atoms with Crippen LogP contribution in [-0.4, -0.2) is 21.8 Å². The minimum Gasteiger partial charge on any atom is -0.482 e. The quantitative estimate of drug-likeness (QED) is 0.357. The number of aromatic nitrogens is 2. The SMILES string of the molecule is C/C(=N\C=C/S)C(C)Oc1cc(F)ccc1Nc1ncnc2cc(N=S)cc(C)c12. The van der Waals surface area contributed by atoms with Crippen LogP contribution in [0.4, 0.5) is 21.6 Å². The zero-order chi connectivity index (χ0) is 21.7. The van der Waals surface area contributed by atoms with E-state index in [1.165, 1.54) is 23.9 Å². The van der Waals surface area contributed by atoms with E-state index in [4.69, 9.17) is 17.2 Å². The number of thiol groups is 1. The van der Waals surface area contributed by atoms with Crippen molar-refractivity contribution in [3.05, 3.63) is 59.6 Å². The highest BCUT2D eigenvalue weighted by molar-refractivity contribution is 7.83. The van der Waals surface area contributed by atoms with E-state index in [2.05, 4.69) is 37.3 Å². The number of nitrogens with zero attached hydrogens (tertiary/aromatic N) is 4. The molecule has 154 valence electrons. The maximum absolute atomic E-state index is 13.9. The van der Waals surface area contributed by atoms with Gasteiger partial charge in [-0.15, -0.1) is 12.6 Å². The molecule has 3 rings (SSSR count). The molecule has 0 spiro atoms. The first-order chi connectivity index (χ1) is 14.4. The zero-order valence-electron chi connectivity index (χ0n) is 16.6. The number of rotatable bonds is 7. The van der Waals surface area contributed by atoms with Crippen molar-refractivity contribution in [3.63, 3.8) is 0 Å². The summed E-state index contributed by atoms with van der Waals surface area (Å²) in [6.45, 7) is 5.59. The molecule has 0 saturated heterocycles. The zero-order valence-corrected chi connectivity index (χ0v) is 18.3. The second kappa shape index (κ2) is 9.73. The van der Waals surface area contributed by atoms with Crippen LogP contribution in [0.1, 0.15) is 19.4 Å². The summed E-state index contributed by atoms with van der Waals surface area (Å²) >= 11 is 8.78. The Morgan fingerprint density at radius 3 is 2.83 bits per heavy atom. The number of benzene rings is 2. The van der Waals surface area contributed by atoms with Crippen molar-refractivity contribution < 1.29 is 9.13 Å². The van der Waals surface area contributed by atoms with Crippen LogP contribution >= 0.6 is 12.6 Å². The van der Waals surface area contributed by atoms with Crippen LogP contribution in [-0.2, 0) is 12.4 Å². The average Bonchev–Trinajstić information content (AvgIpc) is 2.73. The number of ether oxygens (including phenoxy) is 1. The molecular formula is C21H20FN5OS2. The first-order valence-electron chi connectivity index (χ1n) is 9.08. The molecule has 2 aromatic carbocycles. The van der Waals surface area contributed by atoms with Gasteiger partial charge in [0, 0.05) is 30.1 Å². The van der Waals surface area contributed by atoms with Gasteiger partial charge in [0.1, 0.15) is 29.8 Å². The van der Waals surface area contributed by atoms with E-state index in [0.29, 0.717) is 28.5 Å². The third-order valence-electron chi connectivity index (χ3n) is 4.46. The van der Waals surface area contributed by atoms with Crippen LogP contribution in [0.25, 0.3) is 10.9 Å². The molecule has 3 aromatic rings. The van der Waals surface area contributed by atoms with Gasteiger partial charge in [-0.2, -0.15) is 4.36 Å². The fourth-order valence-electron chi connectivity index (χ4n) is 2.88. The molecule has 0 aliphatic rings. The lowest BCUT2D eigenvalue weighted by molar-refractivity contribution is 0.286. The molecule has 9 heteroatoms. The van der Waals surface area contributed by atoms with E-state index in [1.54, 1.807) is 18.3 Å². The highest BCUT2D eigenvalue weighted by Crippen LogP contribution is 2.33. The van der Waals surface area contributed by atoms with E-state index in [0.717, 1.165) is 16.7 Å². The summed E-state index contributed by atoms with van der Waals surface area (Å²) in [6.07, 6.45) is 2.63. The molecule has 30 heavy (non-hydrogen) atoms. The molecule has 0 saturated carbocycles. The Hall–Kier alpha value is -2.91. The van der Waals surface area contributed by atoms with Crippen LogP contribution in [0.5, 0.6) is 5.75 Å². The molecule has 1 unspecified atom stereocenters. The number of hydrogen-bond acceptors (Lipinski definition) is 8. The molecule has 0 aliphatic carbocycles. The van der Waals surface area contributed by atoms with E-state index < -0.39 is 5.82 Å². The highest BCUT2D eigenvalue weighted by atomic mass is 32.1. The fourth-order valence-corrected chi connectivity index (χ4v) is 3.05. The molecule has 0 radical (unpaired) electrons. The first-order valence-corrected chi connectivity index (χ1v) is 9.96. The first kappa shape index (κ1) is 21.8. The van der Waals surface area contributed by atoms with Gasteiger partial charge < -0.3 is 10.1 Å². The number of halogens is 1. The predicted molar refractivity (Wildman–Crippen MR) is 125 cm³/mol. The molecule has 1 heterocycles. The summed E-state index contributed by atoms with van der Waals surface area (Å²) in [4.78, 5) is 12.9. The van der Waals surface area contributed by atoms with Gasteiger partial charge in [-0.05, 0) is 56.0 Å². The molecule has 1 atom stereocenters. The monoisotopic (exact) mass is 441 g/mol. The van der Waals surface area contributed by atoms with Gasteiger partial charge in [-0.1, -0.05) is 0 Å². The number of aliphatic imine (C=N–C) groups is 1. The lowest BCUT2D eigenvalue weighted by atomic mass is 10.1. The summed E-state index contributed by atoms with van der Waals surface area (Å²) in [5.41, 5.74) is 3.56. The Bertz CT molecular complexity index is 1150. The van der Waals surface area contributed by atoms with Crippen molar-refractivity contribution in [2.45, 2.75) is 26.9 Å². The highest BCUT2D eigenvalue weighted by Gasteiger charge is 2.15. The Morgan fingerprint density at radius 2 is 2.10 bits per heavy atom. The van der Waals surface area contributed by atoms with Crippen molar-refractivity contribution in [2.75, 3.05) is 5.32 Å². The summed E-state index contributed by atoms with van der Waals surface area (Å²) in [5.74, 6) is 0.502. The van der Waals surface area contributed by atoms with E-state index >= 15 is 0 Å². The van der Waals surface area contributed by atoms with Crippen LogP contribution in [0.3, 0.4) is 0 Å². The van der Waals surface area contributed by atoms with E-state index in [1.807, 2.05) is 26.8 Å². The topological polar surface area (TPSA) is 71.8 Å². The standard InChI is InChI=1S/C21H20FN5OS2/c1-12-8-16(27-30)10-18-20(12)21(25-11-24-18)26-17-5-4-15(22)9-19(17)28-14(3)13(2)23-6-7-29/h4-11,14,29H,1-3H3,(H,24,25,26)/b7-6-,23-13+. The predicted octanol–water partition coefficient (Wildman–Crippen LogP) is 5.81. The van der Waals surface area contributed by atoms with Crippen molar-refractivity contribution in [3.8, 4) is 5.75 Å². The van der Waals surface area contributed by atoms with Crippen molar-refractivity contribution >= 4 is 58.9 Å². The largest absolute Gasteiger partial charge is 0.482 e. The Balaban J connectivity index is 1.99. The van der Waals surface area contributed by atoms with E-state index in [-0.39, 0.29) is 6.10 Å². The minimum absolute atomic E-state index is 0.341. The van der Waals surface area contributed by atoms with Crippen molar-refractivity contribution in [2.24, 2.45) is 9.36 Å². The normalized spacial score (nSPS) is 12.9. The van der Waals surface area contributed by atoms with Gasteiger partial charge in [-0.25, -0.2) is 14.4 Å². The van der Waals surface area contributed by atoms with Crippen LogP contribution < -0.4 is 10.1 Å². The third kappa shape index (κ3) is 4.98. The van der Waals surface area contributed by atoms with Gasteiger partial charge >= 0.3 is 0 Å². The number of anilines is 2. The molecule has 0 fully saturated rings. The van der Waals surface area contributed by atoms with Crippen LogP contribution in [0.15, 0.2) is 57.6 Å². The second-order valence-corrected chi connectivity index (χ2v) is 7.05. The maximum atomic E-state index is 13.9. The summed E-state index contributed by atoms with van der Waals surface area (Å²) in [5, 5.41) is 5.59. The molecular weight excluding hydrogens is 421 g/mol. The summed E-state index contributed by atoms with van der Waals surface area (Å²) in [6, 6.07) is 7.94. The smallest absolute Gasteiger partial charge is 0.146 e. The van der Waals surface area contributed by atoms with Gasteiger partial charge in [0.15, 0.2) is 0 Å². The molecule has 6 nitrogen and oxygen atoms in total. The molecule has 1 aromatic heterocycles. The Morgan fingerprint density at radius 1 is 1.30 bits per heavy atom. The molecule has 0 bridgehead atoms. The number of aryl methyl sites for hydroxylation is 1. The van der Waals surface area contributed by atoms with Crippen LogP contribution in [0, 0.1) is 12.7 Å². The summed E-state index contributed by atoms with van der Waals surface area (Å²) in [7, 11) is 0. The minimum atomic E-state index is -0.409. The molecule has 0 aliphatic heterocycles. The number of fused-ring (bicyclic) bond motifs is 1. The lowest BCUT2D eigenvalue weighted by Crippen LogP contribution is -2.21. The molecule has 1 N–H and O–H groups in total. The average molecular weight is 442 g/mol. The van der Waals surface area contributed by atoms with Gasteiger partial charge in [0.25, 0.3) is 0 Å². The maximum Gasteiger partial charge on any atom is 0.146 e. The second-order valence-electron chi connectivity index (χ2n) is 6.56. The van der Waals surface area contributed by atoms with E-state index in [9.17, 15) is 4.39 Å². The van der Waals surface area contributed by atoms with Crippen molar-refractivity contribution in [1.82, 2.24) is 9.97 Å². The Labute approximate surface area is 184 Å². The Kier molecular flexibility index (Phi) is 7.07. The fraction of sp³-hybridized carbons (Fsp3) is 0.190. The van der Waals surface area contributed by atoms with Gasteiger partial charge in [-0.3, -0.25) is 4.99 Å². The number of hydrogen-bond donors (Lipinski definition) is 2. The van der Waals surface area contributed by atoms with Crippen LogP contribution in [0.2, 0.25) is 0 Å². The summed E-state index contributed by atoms with van der Waals surface area (Å²) < 4.78 is 23.7. The van der Waals surface area contributed by atoms with Gasteiger partial charge in [0.2, 0.25) is 0 Å². The number of nitrogens with one attached hydrogen (secondary N) is 1. The third-order valence-corrected chi connectivity index (χ3v) is 4.80. The van der Waals surface area contributed by atoms with Gasteiger partial charge in [0.05, 0.1) is 22.6 Å².